The summed E-state index contributed by atoms with van der Waals surface area (Å²) in [6, 6.07) is 6.05. The maximum atomic E-state index is 13.0. The van der Waals surface area contributed by atoms with E-state index in [4.69, 9.17) is 4.42 Å². The Kier molecular flexibility index (Phi) is 3.01. The van der Waals surface area contributed by atoms with Crippen molar-refractivity contribution in [2.45, 2.75) is 19.4 Å². The lowest BCUT2D eigenvalue weighted by molar-refractivity contribution is 0.187. The van der Waals surface area contributed by atoms with E-state index in [2.05, 4.69) is 4.98 Å². The zero-order valence-electron chi connectivity index (χ0n) is 8.85. The summed E-state index contributed by atoms with van der Waals surface area (Å²) in [7, 11) is 0. The number of oxazole rings is 1. The first kappa shape index (κ1) is 10.8. The number of nitrogens with zero attached hydrogens (tertiary/aromatic N) is 1. The molecule has 0 bridgehead atoms. The monoisotopic (exact) mass is 221 g/mol. The smallest absolute Gasteiger partial charge is 0.226 e. The lowest BCUT2D eigenvalue weighted by Gasteiger charge is -1.98. The largest absolute Gasteiger partial charge is 0.441 e. The summed E-state index contributed by atoms with van der Waals surface area (Å²) in [6.45, 7) is 1.67. The molecule has 2 aromatic rings. The first-order valence-electron chi connectivity index (χ1n) is 5.04. The molecule has 1 heterocycles. The third-order valence-corrected chi connectivity index (χ3v) is 2.12. The molecule has 1 atom stereocenters. The van der Waals surface area contributed by atoms with Gasteiger partial charge in [-0.2, -0.15) is 0 Å². The number of benzene rings is 1. The molecule has 3 nitrogen and oxygen atoms in total. The van der Waals surface area contributed by atoms with Crippen molar-refractivity contribution in [3.8, 4) is 11.5 Å². The third-order valence-electron chi connectivity index (χ3n) is 2.12. The van der Waals surface area contributed by atoms with Crippen LogP contribution in [0.2, 0.25) is 0 Å². The van der Waals surface area contributed by atoms with Gasteiger partial charge in [0, 0.05) is 12.0 Å². The van der Waals surface area contributed by atoms with Crippen molar-refractivity contribution in [3.05, 3.63) is 42.0 Å². The number of halogens is 1. The Morgan fingerprint density at radius 1 is 1.50 bits per heavy atom. The van der Waals surface area contributed by atoms with Gasteiger partial charge in [0.05, 0.1) is 12.3 Å². The van der Waals surface area contributed by atoms with Gasteiger partial charge in [-0.1, -0.05) is 6.07 Å². The van der Waals surface area contributed by atoms with Crippen LogP contribution in [0.25, 0.3) is 11.5 Å². The van der Waals surface area contributed by atoms with Crippen molar-refractivity contribution in [1.82, 2.24) is 4.98 Å². The maximum Gasteiger partial charge on any atom is 0.226 e. The van der Waals surface area contributed by atoms with E-state index >= 15 is 0 Å². The van der Waals surface area contributed by atoms with Crippen LogP contribution < -0.4 is 0 Å². The molecule has 84 valence electrons. The molecule has 0 aliphatic carbocycles. The van der Waals surface area contributed by atoms with Gasteiger partial charge in [-0.15, -0.1) is 0 Å². The molecule has 1 aromatic heterocycles. The second-order valence-electron chi connectivity index (χ2n) is 3.70. The molecule has 1 aromatic carbocycles. The fourth-order valence-corrected chi connectivity index (χ4v) is 1.45. The molecule has 2 rings (SSSR count). The van der Waals surface area contributed by atoms with Crippen LogP contribution in [0.1, 0.15) is 12.7 Å². The van der Waals surface area contributed by atoms with Crippen LogP contribution in [-0.2, 0) is 6.42 Å². The average Bonchev–Trinajstić information content (AvgIpc) is 2.65. The molecule has 0 aliphatic heterocycles. The first-order chi connectivity index (χ1) is 7.65. The molecule has 16 heavy (non-hydrogen) atoms. The van der Waals surface area contributed by atoms with Gasteiger partial charge in [-0.3, -0.25) is 0 Å². The molecule has 0 saturated carbocycles. The lowest BCUT2D eigenvalue weighted by Crippen LogP contribution is -2.02. The van der Waals surface area contributed by atoms with Crippen LogP contribution in [0.5, 0.6) is 0 Å². The Labute approximate surface area is 92.6 Å². The second-order valence-corrected chi connectivity index (χ2v) is 3.70. The summed E-state index contributed by atoms with van der Waals surface area (Å²) in [5.74, 6) is 0.636. The zero-order chi connectivity index (χ0) is 11.5. The summed E-state index contributed by atoms with van der Waals surface area (Å²) >= 11 is 0. The number of rotatable bonds is 3. The molecule has 0 aliphatic rings. The average molecular weight is 221 g/mol. The van der Waals surface area contributed by atoms with Gasteiger partial charge in [0.25, 0.3) is 0 Å². The van der Waals surface area contributed by atoms with Crippen LogP contribution in [0.3, 0.4) is 0 Å². The van der Waals surface area contributed by atoms with E-state index in [1.165, 1.54) is 12.1 Å². The normalized spacial score (nSPS) is 12.7. The Balaban J connectivity index is 2.24. The lowest BCUT2D eigenvalue weighted by atomic mass is 10.2. The van der Waals surface area contributed by atoms with Gasteiger partial charge in [0.2, 0.25) is 5.89 Å². The predicted octanol–water partition coefficient (Wildman–Crippen LogP) is 2.40. The van der Waals surface area contributed by atoms with Crippen molar-refractivity contribution < 1.29 is 13.9 Å². The predicted molar refractivity (Wildman–Crippen MR) is 57.3 cm³/mol. The van der Waals surface area contributed by atoms with Gasteiger partial charge in [0.1, 0.15) is 11.6 Å². The van der Waals surface area contributed by atoms with E-state index in [1.807, 2.05) is 0 Å². The second kappa shape index (κ2) is 4.45. The van der Waals surface area contributed by atoms with Gasteiger partial charge in [-0.25, -0.2) is 9.37 Å². The van der Waals surface area contributed by atoms with E-state index in [1.54, 1.807) is 25.3 Å². The van der Waals surface area contributed by atoms with Crippen molar-refractivity contribution >= 4 is 0 Å². The minimum absolute atomic E-state index is 0.326. The minimum Gasteiger partial charge on any atom is -0.441 e. The highest BCUT2D eigenvalue weighted by Gasteiger charge is 2.08. The van der Waals surface area contributed by atoms with Crippen LogP contribution >= 0.6 is 0 Å². The van der Waals surface area contributed by atoms with Gasteiger partial charge < -0.3 is 9.52 Å². The Morgan fingerprint density at radius 2 is 2.31 bits per heavy atom. The number of aliphatic hydroxyl groups is 1. The highest BCUT2D eigenvalue weighted by atomic mass is 19.1. The molecule has 1 unspecified atom stereocenters. The van der Waals surface area contributed by atoms with Crippen LogP contribution in [0, 0.1) is 5.82 Å². The molecule has 0 saturated heterocycles. The van der Waals surface area contributed by atoms with Crippen LogP contribution in [0.15, 0.2) is 34.9 Å². The summed E-state index contributed by atoms with van der Waals surface area (Å²) < 4.78 is 18.4. The van der Waals surface area contributed by atoms with Gasteiger partial charge >= 0.3 is 0 Å². The summed E-state index contributed by atoms with van der Waals surface area (Å²) in [6.07, 6.45) is 1.48. The highest BCUT2D eigenvalue weighted by Crippen LogP contribution is 2.20. The minimum atomic E-state index is -0.478. The van der Waals surface area contributed by atoms with Gasteiger partial charge in [0.15, 0.2) is 0 Å². The fraction of sp³-hybridized carbons (Fsp3) is 0.250. The summed E-state index contributed by atoms with van der Waals surface area (Å²) in [4.78, 5) is 4.04. The molecular weight excluding hydrogens is 209 g/mol. The molecule has 0 amide bonds. The first-order valence-corrected chi connectivity index (χ1v) is 5.04. The van der Waals surface area contributed by atoms with E-state index in [0.717, 1.165) is 0 Å². The Morgan fingerprint density at radius 3 is 3.00 bits per heavy atom. The Bertz CT molecular complexity index is 479. The topological polar surface area (TPSA) is 46.3 Å². The fourth-order valence-electron chi connectivity index (χ4n) is 1.45. The number of aliphatic hydroxyl groups excluding tert-OH is 1. The van der Waals surface area contributed by atoms with Gasteiger partial charge in [-0.05, 0) is 25.1 Å². The SMILES string of the molecule is CC(O)Cc1cnc(-c2cccc(F)c2)o1. The van der Waals surface area contributed by atoms with E-state index in [0.29, 0.717) is 23.6 Å². The third kappa shape index (κ3) is 2.46. The molecule has 0 spiro atoms. The van der Waals surface area contributed by atoms with E-state index < -0.39 is 6.10 Å². The van der Waals surface area contributed by atoms with Crippen molar-refractivity contribution in [2.24, 2.45) is 0 Å². The molecule has 0 fully saturated rings. The molecule has 0 radical (unpaired) electrons. The van der Waals surface area contributed by atoms with Crippen molar-refractivity contribution in [2.75, 3.05) is 0 Å². The van der Waals surface area contributed by atoms with Crippen molar-refractivity contribution in [1.29, 1.82) is 0 Å². The van der Waals surface area contributed by atoms with E-state index in [9.17, 15) is 9.50 Å². The molecule has 1 N–H and O–H groups in total. The molecular formula is C12H12FNO2. The highest BCUT2D eigenvalue weighted by molar-refractivity contribution is 5.52. The number of aromatic nitrogens is 1. The number of hydrogen-bond acceptors (Lipinski definition) is 3. The molecule has 4 heteroatoms. The number of hydrogen-bond donors (Lipinski definition) is 1. The standard InChI is InChI=1S/C12H12FNO2/c1-8(15)5-11-7-14-12(16-11)9-3-2-4-10(13)6-9/h2-4,6-8,15H,5H2,1H3. The summed E-state index contributed by atoms with van der Waals surface area (Å²) in [5.41, 5.74) is 0.594. The Hall–Kier alpha value is -1.68. The van der Waals surface area contributed by atoms with Crippen LogP contribution in [0.4, 0.5) is 4.39 Å². The maximum absolute atomic E-state index is 13.0. The van der Waals surface area contributed by atoms with Crippen LogP contribution in [-0.4, -0.2) is 16.2 Å². The van der Waals surface area contributed by atoms with E-state index in [-0.39, 0.29) is 5.82 Å². The van der Waals surface area contributed by atoms with Crippen molar-refractivity contribution in [3.63, 3.8) is 0 Å². The quantitative estimate of drug-likeness (QED) is 0.865. The summed E-state index contributed by atoms with van der Waals surface area (Å²) in [5, 5.41) is 9.18. The zero-order valence-corrected chi connectivity index (χ0v) is 8.85.